The lowest BCUT2D eigenvalue weighted by molar-refractivity contribution is 0.181. The third-order valence-electron chi connectivity index (χ3n) is 2.73. The number of nitrogens with one attached hydrogen (secondary N) is 1. The highest BCUT2D eigenvalue weighted by molar-refractivity contribution is 4.73. The van der Waals surface area contributed by atoms with Gasteiger partial charge in [-0.1, -0.05) is 6.42 Å². The van der Waals surface area contributed by atoms with Crippen molar-refractivity contribution in [3.63, 3.8) is 0 Å². The first-order valence-electron chi connectivity index (χ1n) is 5.05. The number of hydrogen-bond donors (Lipinski definition) is 1. The van der Waals surface area contributed by atoms with Gasteiger partial charge in [-0.3, -0.25) is 0 Å². The maximum atomic E-state index is 5.02. The lowest BCUT2D eigenvalue weighted by atomic mass is 9.85. The van der Waals surface area contributed by atoms with E-state index in [0.717, 1.165) is 18.9 Å². The summed E-state index contributed by atoms with van der Waals surface area (Å²) < 4.78 is 5.02. The molecule has 0 spiro atoms. The predicted octanol–water partition coefficient (Wildman–Crippen LogP) is 1.80. The zero-order valence-electron chi connectivity index (χ0n) is 8.31. The molecule has 1 N–H and O–H groups in total. The summed E-state index contributed by atoms with van der Waals surface area (Å²) >= 11 is 0. The lowest BCUT2D eigenvalue weighted by Crippen LogP contribution is -2.34. The Bertz CT molecular complexity index is 112. The van der Waals surface area contributed by atoms with Crippen molar-refractivity contribution in [2.45, 2.75) is 38.6 Å². The molecule has 0 heterocycles. The predicted molar refractivity (Wildman–Crippen MR) is 51.3 cm³/mol. The molecule has 1 unspecified atom stereocenters. The van der Waals surface area contributed by atoms with Gasteiger partial charge in [0.15, 0.2) is 0 Å². The first-order chi connectivity index (χ1) is 5.83. The normalized spacial score (nSPS) is 20.5. The van der Waals surface area contributed by atoms with Crippen molar-refractivity contribution in [2.24, 2.45) is 5.92 Å². The van der Waals surface area contributed by atoms with Crippen LogP contribution in [-0.2, 0) is 4.74 Å². The summed E-state index contributed by atoms with van der Waals surface area (Å²) in [6.07, 6.45) is 5.44. The van der Waals surface area contributed by atoms with Gasteiger partial charge in [0.25, 0.3) is 0 Å². The summed E-state index contributed by atoms with van der Waals surface area (Å²) in [5, 5.41) is 3.54. The minimum Gasteiger partial charge on any atom is -0.385 e. The van der Waals surface area contributed by atoms with E-state index < -0.39 is 0 Å². The highest BCUT2D eigenvalue weighted by Gasteiger charge is 2.17. The maximum Gasteiger partial charge on any atom is 0.0476 e. The summed E-state index contributed by atoms with van der Waals surface area (Å²) in [5.41, 5.74) is 0. The van der Waals surface area contributed by atoms with Crippen LogP contribution < -0.4 is 5.32 Å². The molecular weight excluding hydrogens is 150 g/mol. The van der Waals surface area contributed by atoms with Crippen molar-refractivity contribution in [3.05, 3.63) is 0 Å². The van der Waals surface area contributed by atoms with Gasteiger partial charge in [-0.05, 0) is 38.6 Å². The molecule has 0 radical (unpaired) electrons. The van der Waals surface area contributed by atoms with Gasteiger partial charge in [-0.2, -0.15) is 0 Å². The Labute approximate surface area is 75.7 Å². The van der Waals surface area contributed by atoms with Gasteiger partial charge in [0.1, 0.15) is 0 Å². The van der Waals surface area contributed by atoms with Gasteiger partial charge in [-0.15, -0.1) is 0 Å². The van der Waals surface area contributed by atoms with Crippen molar-refractivity contribution in [1.29, 1.82) is 0 Å². The fraction of sp³-hybridized carbons (Fsp3) is 1.00. The maximum absolute atomic E-state index is 5.02. The van der Waals surface area contributed by atoms with Crippen molar-refractivity contribution >= 4 is 0 Å². The lowest BCUT2D eigenvalue weighted by Gasteiger charge is -2.27. The van der Waals surface area contributed by atoms with Gasteiger partial charge < -0.3 is 10.1 Å². The first-order valence-corrected chi connectivity index (χ1v) is 5.05. The largest absolute Gasteiger partial charge is 0.385 e. The van der Waals surface area contributed by atoms with Crippen molar-refractivity contribution in [1.82, 2.24) is 5.32 Å². The van der Waals surface area contributed by atoms with E-state index in [4.69, 9.17) is 4.74 Å². The van der Waals surface area contributed by atoms with Crippen LogP contribution in [0.1, 0.15) is 32.6 Å². The van der Waals surface area contributed by atoms with Gasteiger partial charge in [0.05, 0.1) is 0 Å². The topological polar surface area (TPSA) is 21.3 Å². The molecule has 2 heteroatoms. The van der Waals surface area contributed by atoms with Gasteiger partial charge in [0.2, 0.25) is 0 Å². The molecule has 2 nitrogen and oxygen atoms in total. The van der Waals surface area contributed by atoms with Crippen molar-refractivity contribution < 1.29 is 4.74 Å². The van der Waals surface area contributed by atoms with E-state index in [9.17, 15) is 0 Å². The summed E-state index contributed by atoms with van der Waals surface area (Å²) in [6, 6.07) is 0.616. The SMILES string of the molecule is COCCC(C)NCC1CCC1. The van der Waals surface area contributed by atoms with Crippen LogP contribution in [0.2, 0.25) is 0 Å². The molecule has 1 saturated carbocycles. The highest BCUT2D eigenvalue weighted by atomic mass is 16.5. The molecular formula is C10H21NO. The fourth-order valence-corrected chi connectivity index (χ4v) is 1.46. The average Bonchev–Trinajstić information content (AvgIpc) is 1.98. The highest BCUT2D eigenvalue weighted by Crippen LogP contribution is 2.25. The van der Waals surface area contributed by atoms with E-state index in [-0.39, 0.29) is 0 Å². The zero-order chi connectivity index (χ0) is 8.81. The molecule has 1 atom stereocenters. The van der Waals surface area contributed by atoms with Crippen molar-refractivity contribution in [2.75, 3.05) is 20.3 Å². The van der Waals surface area contributed by atoms with Crippen LogP contribution in [0, 0.1) is 5.92 Å². The molecule has 1 fully saturated rings. The molecule has 1 aliphatic rings. The molecule has 72 valence electrons. The van der Waals surface area contributed by atoms with Crippen LogP contribution in [0.25, 0.3) is 0 Å². The molecule has 12 heavy (non-hydrogen) atoms. The molecule has 1 rings (SSSR count). The van der Waals surface area contributed by atoms with Crippen LogP contribution >= 0.6 is 0 Å². The van der Waals surface area contributed by atoms with Crippen LogP contribution in [0.3, 0.4) is 0 Å². The third kappa shape index (κ3) is 3.55. The standard InChI is InChI=1S/C10H21NO/c1-9(6-7-12-2)11-8-10-4-3-5-10/h9-11H,3-8H2,1-2H3. The summed E-state index contributed by atoms with van der Waals surface area (Å²) in [4.78, 5) is 0. The van der Waals surface area contributed by atoms with E-state index in [2.05, 4.69) is 12.2 Å². The van der Waals surface area contributed by atoms with Gasteiger partial charge >= 0.3 is 0 Å². The van der Waals surface area contributed by atoms with E-state index in [0.29, 0.717) is 6.04 Å². The van der Waals surface area contributed by atoms with Crippen LogP contribution in [0.15, 0.2) is 0 Å². The molecule has 0 saturated heterocycles. The van der Waals surface area contributed by atoms with Crippen LogP contribution in [0.4, 0.5) is 0 Å². The zero-order valence-corrected chi connectivity index (χ0v) is 8.31. The fourth-order valence-electron chi connectivity index (χ4n) is 1.46. The second-order valence-corrected chi connectivity index (χ2v) is 3.89. The number of rotatable bonds is 6. The van der Waals surface area contributed by atoms with E-state index in [1.165, 1.54) is 25.8 Å². The third-order valence-corrected chi connectivity index (χ3v) is 2.73. The smallest absolute Gasteiger partial charge is 0.0476 e. The Balaban J connectivity index is 1.90. The minimum atomic E-state index is 0.616. The molecule has 1 aliphatic carbocycles. The Hall–Kier alpha value is -0.0800. The minimum absolute atomic E-state index is 0.616. The quantitative estimate of drug-likeness (QED) is 0.658. The monoisotopic (exact) mass is 171 g/mol. The molecule has 0 aromatic carbocycles. The van der Waals surface area contributed by atoms with Gasteiger partial charge in [0, 0.05) is 19.8 Å². The molecule has 0 aliphatic heterocycles. The summed E-state index contributed by atoms with van der Waals surface area (Å²) in [6.45, 7) is 4.32. The first kappa shape index (κ1) is 10.0. The van der Waals surface area contributed by atoms with E-state index in [1.54, 1.807) is 7.11 Å². The summed E-state index contributed by atoms with van der Waals surface area (Å²) in [7, 11) is 1.76. The number of hydrogen-bond acceptors (Lipinski definition) is 2. The van der Waals surface area contributed by atoms with Crippen LogP contribution in [-0.4, -0.2) is 26.3 Å². The Morgan fingerprint density at radius 3 is 2.75 bits per heavy atom. The van der Waals surface area contributed by atoms with E-state index in [1.807, 2.05) is 0 Å². The summed E-state index contributed by atoms with van der Waals surface area (Å²) in [5.74, 6) is 0.968. The molecule has 0 aromatic heterocycles. The Morgan fingerprint density at radius 1 is 1.50 bits per heavy atom. The molecule has 0 aromatic rings. The number of ether oxygens (including phenoxy) is 1. The van der Waals surface area contributed by atoms with Gasteiger partial charge in [-0.25, -0.2) is 0 Å². The Kier molecular flexibility index (Phi) is 4.62. The number of methoxy groups -OCH3 is 1. The van der Waals surface area contributed by atoms with Crippen molar-refractivity contribution in [3.8, 4) is 0 Å². The second-order valence-electron chi connectivity index (χ2n) is 3.89. The molecule has 0 amide bonds. The van der Waals surface area contributed by atoms with Crippen LogP contribution in [0.5, 0.6) is 0 Å². The molecule has 0 bridgehead atoms. The second kappa shape index (κ2) is 5.55. The van der Waals surface area contributed by atoms with E-state index >= 15 is 0 Å². The Morgan fingerprint density at radius 2 is 2.25 bits per heavy atom. The average molecular weight is 171 g/mol.